The largest absolute Gasteiger partial charge is 0.508 e. The molecule has 0 atom stereocenters. The highest BCUT2D eigenvalue weighted by atomic mass is 32.1. The Morgan fingerprint density at radius 2 is 2.07 bits per heavy atom. The molecule has 0 saturated carbocycles. The van der Waals surface area contributed by atoms with Gasteiger partial charge in [0, 0.05) is 24.4 Å². The van der Waals surface area contributed by atoms with Gasteiger partial charge in [-0.25, -0.2) is 4.98 Å². The van der Waals surface area contributed by atoms with Crippen molar-refractivity contribution in [3.8, 4) is 5.75 Å². The van der Waals surface area contributed by atoms with E-state index in [4.69, 9.17) is 0 Å². The van der Waals surface area contributed by atoms with E-state index < -0.39 is 0 Å². The van der Waals surface area contributed by atoms with Gasteiger partial charge >= 0.3 is 0 Å². The zero-order chi connectivity index (χ0) is 19.6. The Morgan fingerprint density at radius 1 is 1.30 bits per heavy atom. The van der Waals surface area contributed by atoms with E-state index in [1.54, 1.807) is 19.1 Å². The highest BCUT2D eigenvalue weighted by Gasteiger charge is 2.15. The monoisotopic (exact) mass is 385 g/mol. The first-order chi connectivity index (χ1) is 12.8. The molecule has 8 heteroatoms. The summed E-state index contributed by atoms with van der Waals surface area (Å²) in [7, 11) is 0. The third kappa shape index (κ3) is 4.46. The minimum absolute atomic E-state index is 0.152. The fraction of sp³-hybridized carbons (Fsp3) is 0.316. The van der Waals surface area contributed by atoms with Gasteiger partial charge in [-0.1, -0.05) is 31.3 Å². The normalized spacial score (nSPS) is 11.0. The predicted octanol–water partition coefficient (Wildman–Crippen LogP) is 4.31. The molecular formula is C19H23N5O2S. The van der Waals surface area contributed by atoms with E-state index >= 15 is 0 Å². The maximum absolute atomic E-state index is 12.6. The van der Waals surface area contributed by atoms with Gasteiger partial charge in [0.2, 0.25) is 0 Å². The minimum Gasteiger partial charge on any atom is -0.508 e. The quantitative estimate of drug-likeness (QED) is 0.588. The Balaban J connectivity index is 1.69. The summed E-state index contributed by atoms with van der Waals surface area (Å²) in [4.78, 5) is 17.3. The zero-order valence-electron chi connectivity index (χ0n) is 15.8. The molecular weight excluding hydrogens is 362 g/mol. The van der Waals surface area contributed by atoms with Crippen molar-refractivity contribution in [2.45, 2.75) is 34.2 Å². The van der Waals surface area contributed by atoms with Gasteiger partial charge < -0.3 is 15.7 Å². The number of rotatable bonds is 6. The van der Waals surface area contributed by atoms with E-state index in [-0.39, 0.29) is 11.7 Å². The first-order valence-corrected chi connectivity index (χ1v) is 9.52. The molecule has 3 aromatic rings. The van der Waals surface area contributed by atoms with Gasteiger partial charge in [-0.15, -0.1) is 0 Å². The van der Waals surface area contributed by atoms with E-state index in [0.29, 0.717) is 33.0 Å². The Morgan fingerprint density at radius 3 is 2.81 bits per heavy atom. The molecule has 0 bridgehead atoms. The molecule has 3 N–H and O–H groups in total. The van der Waals surface area contributed by atoms with E-state index in [0.717, 1.165) is 12.1 Å². The number of nitrogens with zero attached hydrogens (tertiary/aromatic N) is 3. The lowest BCUT2D eigenvalue weighted by Crippen LogP contribution is -2.12. The van der Waals surface area contributed by atoms with Gasteiger partial charge in [-0.2, -0.15) is 5.10 Å². The second-order valence-corrected chi connectivity index (χ2v) is 7.86. The fourth-order valence-electron chi connectivity index (χ4n) is 2.65. The Bertz CT molecular complexity index is 961. The van der Waals surface area contributed by atoms with Crippen LogP contribution in [0.3, 0.4) is 0 Å². The second-order valence-electron chi connectivity index (χ2n) is 6.83. The molecule has 1 aromatic carbocycles. The first kappa shape index (κ1) is 18.9. The average molecular weight is 385 g/mol. The third-order valence-corrected chi connectivity index (χ3v) is 4.95. The van der Waals surface area contributed by atoms with E-state index in [1.807, 2.05) is 23.9 Å². The number of benzene rings is 1. The maximum atomic E-state index is 12.6. The number of thiazole rings is 1. The number of phenolic OH excluding ortho intramolecular Hbond substituents is 1. The summed E-state index contributed by atoms with van der Waals surface area (Å²) >= 11 is 1.25. The average Bonchev–Trinajstić information content (AvgIpc) is 3.24. The molecule has 1 amide bonds. The Labute approximate surface area is 162 Å². The molecule has 3 rings (SSSR count). The summed E-state index contributed by atoms with van der Waals surface area (Å²) in [5.74, 6) is 1.09. The molecule has 27 heavy (non-hydrogen) atoms. The standard InChI is InChI=1S/C19H23N5O2S/c1-11(2)10-24-8-7-16(23-24)21-19-20-9-15(27-19)18(26)22-17-12(3)5-6-14(25)13(17)4/h5-9,11,25H,10H2,1-4H3,(H,22,26)(H,20,21,23). The third-order valence-electron chi connectivity index (χ3n) is 4.04. The number of carbonyl (C=O) groups is 1. The fourth-order valence-corrected chi connectivity index (χ4v) is 3.37. The van der Waals surface area contributed by atoms with Crippen molar-refractivity contribution in [1.82, 2.24) is 14.8 Å². The molecule has 0 aliphatic rings. The summed E-state index contributed by atoms with van der Waals surface area (Å²) in [5, 5.41) is 20.9. The number of amides is 1. The van der Waals surface area contributed by atoms with E-state index in [2.05, 4.69) is 34.6 Å². The van der Waals surface area contributed by atoms with E-state index in [1.165, 1.54) is 17.5 Å². The number of carbonyl (C=O) groups excluding carboxylic acids is 1. The molecule has 0 aliphatic carbocycles. The zero-order valence-corrected chi connectivity index (χ0v) is 16.6. The maximum Gasteiger partial charge on any atom is 0.267 e. The molecule has 0 unspecified atom stereocenters. The molecule has 7 nitrogen and oxygen atoms in total. The van der Waals surface area contributed by atoms with Crippen molar-refractivity contribution in [2.75, 3.05) is 10.6 Å². The lowest BCUT2D eigenvalue weighted by Gasteiger charge is -2.11. The highest BCUT2D eigenvalue weighted by molar-refractivity contribution is 7.17. The highest BCUT2D eigenvalue weighted by Crippen LogP contribution is 2.29. The van der Waals surface area contributed by atoms with Crippen LogP contribution in [-0.2, 0) is 6.54 Å². The number of hydrogen-bond donors (Lipinski definition) is 3. The van der Waals surface area contributed by atoms with Crippen LogP contribution in [-0.4, -0.2) is 25.8 Å². The van der Waals surface area contributed by atoms with Gasteiger partial charge in [0.25, 0.3) is 5.91 Å². The molecule has 0 radical (unpaired) electrons. The number of nitrogens with one attached hydrogen (secondary N) is 2. The molecule has 0 saturated heterocycles. The number of aromatic nitrogens is 3. The SMILES string of the molecule is Cc1ccc(O)c(C)c1NC(=O)c1cnc(Nc2ccn(CC(C)C)n2)s1. The van der Waals surface area contributed by atoms with Crippen LogP contribution >= 0.6 is 11.3 Å². The Hall–Kier alpha value is -2.87. The number of anilines is 3. The number of phenols is 1. The van der Waals surface area contributed by atoms with Gasteiger partial charge in [0.15, 0.2) is 10.9 Å². The van der Waals surface area contributed by atoms with Crippen molar-refractivity contribution in [3.63, 3.8) is 0 Å². The van der Waals surface area contributed by atoms with Crippen LogP contribution in [0.15, 0.2) is 30.6 Å². The van der Waals surface area contributed by atoms with Crippen LogP contribution in [0.5, 0.6) is 5.75 Å². The summed E-state index contributed by atoms with van der Waals surface area (Å²) in [6.07, 6.45) is 3.44. The number of aryl methyl sites for hydroxylation is 1. The van der Waals surface area contributed by atoms with Gasteiger partial charge in [0.1, 0.15) is 10.6 Å². The van der Waals surface area contributed by atoms with Crippen molar-refractivity contribution >= 4 is 33.9 Å². The Kier molecular flexibility index (Phi) is 5.46. The molecule has 2 aromatic heterocycles. The molecule has 0 fully saturated rings. The van der Waals surface area contributed by atoms with Crippen LogP contribution in [0.2, 0.25) is 0 Å². The number of hydrogen-bond acceptors (Lipinski definition) is 6. The summed E-state index contributed by atoms with van der Waals surface area (Å²) in [5.41, 5.74) is 2.15. The van der Waals surface area contributed by atoms with Gasteiger partial charge in [-0.3, -0.25) is 9.48 Å². The van der Waals surface area contributed by atoms with E-state index in [9.17, 15) is 9.90 Å². The number of aromatic hydroxyl groups is 1. The molecule has 0 aliphatic heterocycles. The van der Waals surface area contributed by atoms with Crippen LogP contribution < -0.4 is 10.6 Å². The van der Waals surface area contributed by atoms with Crippen LogP contribution in [0.25, 0.3) is 0 Å². The lowest BCUT2D eigenvalue weighted by molar-refractivity contribution is 0.103. The van der Waals surface area contributed by atoms with Gasteiger partial charge in [-0.05, 0) is 31.4 Å². The van der Waals surface area contributed by atoms with Crippen molar-refractivity contribution < 1.29 is 9.90 Å². The molecule has 142 valence electrons. The smallest absolute Gasteiger partial charge is 0.267 e. The molecule has 2 heterocycles. The summed E-state index contributed by atoms with van der Waals surface area (Å²) in [6, 6.07) is 5.27. The van der Waals surface area contributed by atoms with Crippen molar-refractivity contribution in [2.24, 2.45) is 5.92 Å². The van der Waals surface area contributed by atoms with Crippen LogP contribution in [0.4, 0.5) is 16.6 Å². The van der Waals surface area contributed by atoms with Crippen molar-refractivity contribution in [1.29, 1.82) is 0 Å². The molecule has 0 spiro atoms. The van der Waals surface area contributed by atoms with Crippen molar-refractivity contribution in [3.05, 3.63) is 46.6 Å². The topological polar surface area (TPSA) is 92.1 Å². The summed E-state index contributed by atoms with van der Waals surface area (Å²) in [6.45, 7) is 8.77. The van der Waals surface area contributed by atoms with Crippen LogP contribution in [0, 0.1) is 19.8 Å². The second kappa shape index (κ2) is 7.79. The van der Waals surface area contributed by atoms with Crippen LogP contribution in [0.1, 0.15) is 34.6 Å². The van der Waals surface area contributed by atoms with Gasteiger partial charge in [0.05, 0.1) is 11.9 Å². The predicted molar refractivity (Wildman–Crippen MR) is 108 cm³/mol. The minimum atomic E-state index is -0.261. The lowest BCUT2D eigenvalue weighted by atomic mass is 10.1. The summed E-state index contributed by atoms with van der Waals surface area (Å²) < 4.78 is 1.88. The first-order valence-electron chi connectivity index (χ1n) is 8.70.